The van der Waals surface area contributed by atoms with Crippen LogP contribution < -0.4 is 10.6 Å². The second kappa shape index (κ2) is 5.73. The first-order chi connectivity index (χ1) is 11.3. The minimum atomic E-state index is -0.181. The molecule has 0 radical (unpaired) electrons. The summed E-state index contributed by atoms with van der Waals surface area (Å²) in [7, 11) is 0. The monoisotopic (exact) mass is 325 g/mol. The van der Waals surface area contributed by atoms with Crippen molar-refractivity contribution in [1.82, 2.24) is 15.5 Å². The molecule has 4 rings (SSSR count). The van der Waals surface area contributed by atoms with Crippen LogP contribution >= 0.6 is 11.6 Å². The number of hydrogen-bond donors (Lipinski definition) is 3. The molecule has 2 atom stereocenters. The van der Waals surface area contributed by atoms with E-state index >= 15 is 0 Å². The zero-order valence-corrected chi connectivity index (χ0v) is 13.2. The fourth-order valence-electron chi connectivity index (χ4n) is 3.51. The van der Waals surface area contributed by atoms with E-state index in [0.29, 0.717) is 10.9 Å². The van der Waals surface area contributed by atoms with Gasteiger partial charge in [-0.05, 0) is 24.6 Å². The zero-order valence-electron chi connectivity index (χ0n) is 12.4. The number of fused-ring (bicyclic) bond motifs is 1. The Morgan fingerprint density at radius 1 is 1.26 bits per heavy atom. The van der Waals surface area contributed by atoms with Gasteiger partial charge in [0.2, 0.25) is 0 Å². The fraction of sp³-hybridized carbons (Fsp3) is 0.294. The molecule has 5 nitrogen and oxygen atoms in total. The standard InChI is InChI=1S/C17H16ClN5/c18-14-4-2-1-3-11(14)15-12(7-19)16(10-5-6-20-8-10)22-17-13(15)9-21-23-17/h1-4,9-10,15,20H,5-6,8H2,(H2,21,22,23). The molecule has 0 aliphatic carbocycles. The Labute approximate surface area is 139 Å². The molecule has 23 heavy (non-hydrogen) atoms. The summed E-state index contributed by atoms with van der Waals surface area (Å²) in [4.78, 5) is 0. The number of rotatable bonds is 2. The van der Waals surface area contributed by atoms with Crippen molar-refractivity contribution in [3.8, 4) is 6.07 Å². The van der Waals surface area contributed by atoms with E-state index < -0.39 is 0 Å². The van der Waals surface area contributed by atoms with Crippen molar-refractivity contribution in [3.05, 3.63) is 57.9 Å². The van der Waals surface area contributed by atoms with E-state index in [2.05, 4.69) is 26.9 Å². The summed E-state index contributed by atoms with van der Waals surface area (Å²) in [5.41, 5.74) is 3.63. The maximum absolute atomic E-state index is 9.87. The van der Waals surface area contributed by atoms with Gasteiger partial charge in [0.15, 0.2) is 0 Å². The minimum Gasteiger partial charge on any atom is -0.343 e. The van der Waals surface area contributed by atoms with Crippen LogP contribution in [0, 0.1) is 17.2 Å². The van der Waals surface area contributed by atoms with E-state index in [0.717, 1.165) is 47.7 Å². The fourth-order valence-corrected chi connectivity index (χ4v) is 3.75. The molecule has 3 heterocycles. The third kappa shape index (κ3) is 2.31. The Hall–Kier alpha value is -2.29. The van der Waals surface area contributed by atoms with Crippen LogP contribution in [0.2, 0.25) is 5.02 Å². The highest BCUT2D eigenvalue weighted by molar-refractivity contribution is 6.31. The number of nitrogens with zero attached hydrogens (tertiary/aromatic N) is 2. The number of halogens is 1. The lowest BCUT2D eigenvalue weighted by Crippen LogP contribution is -2.24. The molecule has 0 spiro atoms. The molecule has 1 saturated heterocycles. The maximum atomic E-state index is 9.87. The van der Waals surface area contributed by atoms with Crippen molar-refractivity contribution in [2.24, 2.45) is 5.92 Å². The Bertz CT molecular complexity index is 810. The van der Waals surface area contributed by atoms with Gasteiger partial charge in [-0.2, -0.15) is 10.4 Å². The van der Waals surface area contributed by atoms with Crippen molar-refractivity contribution in [2.75, 3.05) is 18.4 Å². The van der Waals surface area contributed by atoms with Crippen LogP contribution in [-0.2, 0) is 0 Å². The van der Waals surface area contributed by atoms with E-state index in [1.54, 1.807) is 6.20 Å². The molecular weight excluding hydrogens is 310 g/mol. The van der Waals surface area contributed by atoms with Gasteiger partial charge >= 0.3 is 0 Å². The number of H-pyrrole nitrogens is 1. The highest BCUT2D eigenvalue weighted by atomic mass is 35.5. The molecule has 0 saturated carbocycles. The molecule has 2 aliphatic rings. The molecule has 2 aliphatic heterocycles. The van der Waals surface area contributed by atoms with Crippen molar-refractivity contribution in [3.63, 3.8) is 0 Å². The minimum absolute atomic E-state index is 0.181. The summed E-state index contributed by atoms with van der Waals surface area (Å²) >= 11 is 6.43. The van der Waals surface area contributed by atoms with Gasteiger partial charge in [0.1, 0.15) is 5.82 Å². The first kappa shape index (κ1) is 14.3. The Morgan fingerprint density at radius 3 is 2.87 bits per heavy atom. The molecule has 116 valence electrons. The van der Waals surface area contributed by atoms with Crippen LogP contribution in [0.3, 0.4) is 0 Å². The Morgan fingerprint density at radius 2 is 2.13 bits per heavy atom. The highest BCUT2D eigenvalue weighted by Gasteiger charge is 2.35. The third-order valence-electron chi connectivity index (χ3n) is 4.62. The van der Waals surface area contributed by atoms with Crippen LogP contribution in [-0.4, -0.2) is 23.3 Å². The maximum Gasteiger partial charge on any atom is 0.129 e. The van der Waals surface area contributed by atoms with Gasteiger partial charge in [0.05, 0.1) is 23.8 Å². The lowest BCUT2D eigenvalue weighted by atomic mass is 9.81. The van der Waals surface area contributed by atoms with Crippen molar-refractivity contribution in [1.29, 1.82) is 5.26 Å². The molecule has 1 aromatic carbocycles. The van der Waals surface area contributed by atoms with Gasteiger partial charge in [-0.25, -0.2) is 0 Å². The van der Waals surface area contributed by atoms with E-state index in [-0.39, 0.29) is 5.92 Å². The van der Waals surface area contributed by atoms with Crippen LogP contribution in [0.25, 0.3) is 0 Å². The molecule has 1 aromatic heterocycles. The number of benzene rings is 1. The van der Waals surface area contributed by atoms with Crippen molar-refractivity contribution >= 4 is 17.4 Å². The normalized spacial score (nSPS) is 23.3. The quantitative estimate of drug-likeness (QED) is 0.793. The molecule has 6 heteroatoms. The average molecular weight is 326 g/mol. The molecule has 2 aromatic rings. The van der Waals surface area contributed by atoms with Crippen LogP contribution in [0.1, 0.15) is 23.5 Å². The third-order valence-corrected chi connectivity index (χ3v) is 4.97. The molecule has 1 fully saturated rings. The number of hydrogen-bond acceptors (Lipinski definition) is 4. The SMILES string of the molecule is N#CC1=C(C2CCNC2)Nc2[nH]ncc2C1c1ccccc1Cl. The van der Waals surface area contributed by atoms with Gasteiger partial charge in [0.25, 0.3) is 0 Å². The van der Waals surface area contributed by atoms with E-state index in [1.165, 1.54) is 0 Å². The van der Waals surface area contributed by atoms with Gasteiger partial charge < -0.3 is 10.6 Å². The zero-order chi connectivity index (χ0) is 15.8. The number of nitrogens with one attached hydrogen (secondary N) is 3. The predicted octanol–water partition coefficient (Wildman–Crippen LogP) is 3.01. The summed E-state index contributed by atoms with van der Waals surface area (Å²) in [5.74, 6) is 0.987. The van der Waals surface area contributed by atoms with E-state index in [4.69, 9.17) is 11.6 Å². The average Bonchev–Trinajstić information content (AvgIpc) is 3.25. The van der Waals surface area contributed by atoms with Crippen molar-refractivity contribution in [2.45, 2.75) is 12.3 Å². The van der Waals surface area contributed by atoms with Gasteiger partial charge in [-0.1, -0.05) is 29.8 Å². The van der Waals surface area contributed by atoms with Crippen LogP contribution in [0.5, 0.6) is 0 Å². The summed E-state index contributed by atoms with van der Waals surface area (Å²) in [6.07, 6.45) is 2.80. The summed E-state index contributed by atoms with van der Waals surface area (Å²) in [6.45, 7) is 1.85. The lowest BCUT2D eigenvalue weighted by Gasteiger charge is -2.29. The molecular formula is C17H16ClN5. The second-order valence-corrected chi connectivity index (χ2v) is 6.32. The summed E-state index contributed by atoms with van der Waals surface area (Å²) < 4.78 is 0. The number of aromatic nitrogens is 2. The number of aromatic amines is 1. The largest absolute Gasteiger partial charge is 0.343 e. The van der Waals surface area contributed by atoms with Crippen LogP contribution in [0.4, 0.5) is 5.82 Å². The van der Waals surface area contributed by atoms with Gasteiger partial charge in [-0.15, -0.1) is 0 Å². The summed E-state index contributed by atoms with van der Waals surface area (Å²) in [6, 6.07) is 10.1. The molecule has 0 amide bonds. The Kier molecular flexibility index (Phi) is 3.56. The lowest BCUT2D eigenvalue weighted by molar-refractivity contribution is 0.666. The highest BCUT2D eigenvalue weighted by Crippen LogP contribution is 2.44. The molecule has 2 unspecified atom stereocenters. The number of nitriles is 1. The second-order valence-electron chi connectivity index (χ2n) is 5.91. The summed E-state index contributed by atoms with van der Waals surface area (Å²) in [5, 5.41) is 24.5. The number of anilines is 1. The van der Waals surface area contributed by atoms with E-state index in [1.807, 2.05) is 24.3 Å². The Balaban J connectivity index is 1.90. The number of allylic oxidation sites excluding steroid dienone is 1. The van der Waals surface area contributed by atoms with E-state index in [9.17, 15) is 5.26 Å². The predicted molar refractivity (Wildman–Crippen MR) is 89.1 cm³/mol. The molecule has 3 N–H and O–H groups in total. The van der Waals surface area contributed by atoms with Crippen molar-refractivity contribution < 1.29 is 0 Å². The van der Waals surface area contributed by atoms with Gasteiger partial charge in [0, 0.05) is 28.7 Å². The first-order valence-electron chi connectivity index (χ1n) is 7.69. The topological polar surface area (TPSA) is 76.5 Å². The van der Waals surface area contributed by atoms with Gasteiger partial charge in [-0.3, -0.25) is 5.10 Å². The smallest absolute Gasteiger partial charge is 0.129 e. The first-order valence-corrected chi connectivity index (χ1v) is 8.07. The molecule has 0 bridgehead atoms. The van der Waals surface area contributed by atoms with Crippen LogP contribution in [0.15, 0.2) is 41.7 Å².